The van der Waals surface area contributed by atoms with E-state index in [2.05, 4.69) is 5.32 Å². The van der Waals surface area contributed by atoms with Crippen LogP contribution in [0, 0.1) is 5.82 Å². The number of thioether (sulfide) groups is 1. The zero-order valence-electron chi connectivity index (χ0n) is 13.9. The van der Waals surface area contributed by atoms with Crippen LogP contribution in [0.15, 0.2) is 53.4 Å². The second-order valence-corrected chi connectivity index (χ2v) is 6.50. The summed E-state index contributed by atoms with van der Waals surface area (Å²) in [5, 5.41) is 11.9. The van der Waals surface area contributed by atoms with Crippen LogP contribution in [0.5, 0.6) is 0 Å². The van der Waals surface area contributed by atoms with E-state index in [1.54, 1.807) is 23.9 Å². The molecular weight excluding hydrogens is 341 g/mol. The molecule has 2 aromatic rings. The molecule has 0 aliphatic rings. The fourth-order valence-corrected chi connectivity index (χ4v) is 2.85. The van der Waals surface area contributed by atoms with Gasteiger partial charge < -0.3 is 10.4 Å². The zero-order chi connectivity index (χ0) is 18.2. The maximum Gasteiger partial charge on any atom is 0.305 e. The van der Waals surface area contributed by atoms with E-state index >= 15 is 0 Å². The first-order valence-corrected chi connectivity index (χ1v) is 9.10. The summed E-state index contributed by atoms with van der Waals surface area (Å²) >= 11 is 1.59. The Hall–Kier alpha value is -2.34. The minimum absolute atomic E-state index is 0.180. The number of halogens is 1. The third-order valence-electron chi connectivity index (χ3n) is 3.79. The van der Waals surface area contributed by atoms with E-state index in [0.29, 0.717) is 6.42 Å². The van der Waals surface area contributed by atoms with Gasteiger partial charge in [0.1, 0.15) is 5.82 Å². The SMILES string of the molecule is CSc1ccc(C(CC(=O)O)NC(=O)CCc2ccc(F)cc2)cc1. The number of rotatable bonds is 8. The summed E-state index contributed by atoms with van der Waals surface area (Å²) in [5.41, 5.74) is 1.62. The Kier molecular flexibility index (Phi) is 7.01. The molecule has 0 aliphatic carbocycles. The fourth-order valence-electron chi connectivity index (χ4n) is 2.44. The second kappa shape index (κ2) is 9.22. The van der Waals surface area contributed by atoms with Crippen LogP contribution >= 0.6 is 11.8 Å². The lowest BCUT2D eigenvalue weighted by atomic mass is 10.0. The maximum atomic E-state index is 12.9. The highest BCUT2D eigenvalue weighted by Gasteiger charge is 2.18. The van der Waals surface area contributed by atoms with Crippen molar-refractivity contribution < 1.29 is 19.1 Å². The van der Waals surface area contributed by atoms with Gasteiger partial charge in [0.15, 0.2) is 0 Å². The van der Waals surface area contributed by atoms with Crippen molar-refractivity contribution in [3.63, 3.8) is 0 Å². The summed E-state index contributed by atoms with van der Waals surface area (Å²) in [6, 6.07) is 12.9. The van der Waals surface area contributed by atoms with Crippen molar-refractivity contribution in [2.75, 3.05) is 6.26 Å². The average molecular weight is 361 g/mol. The Morgan fingerprint density at radius 3 is 2.32 bits per heavy atom. The van der Waals surface area contributed by atoms with E-state index in [0.717, 1.165) is 16.0 Å². The molecule has 0 aliphatic heterocycles. The van der Waals surface area contributed by atoms with Crippen LogP contribution in [-0.2, 0) is 16.0 Å². The second-order valence-electron chi connectivity index (χ2n) is 5.62. The molecule has 0 aromatic heterocycles. The Labute approximate surface area is 150 Å². The molecule has 0 saturated carbocycles. The largest absolute Gasteiger partial charge is 0.481 e. The third kappa shape index (κ3) is 6.23. The molecule has 2 aromatic carbocycles. The van der Waals surface area contributed by atoms with Crippen LogP contribution in [0.4, 0.5) is 4.39 Å². The van der Waals surface area contributed by atoms with E-state index in [4.69, 9.17) is 5.11 Å². The molecule has 2 N–H and O–H groups in total. The molecule has 132 valence electrons. The molecular formula is C19H20FNO3S. The number of hydrogen-bond acceptors (Lipinski definition) is 3. The first-order chi connectivity index (χ1) is 12.0. The Morgan fingerprint density at radius 2 is 1.76 bits per heavy atom. The Balaban J connectivity index is 1.98. The number of amides is 1. The number of carboxylic acids is 1. The standard InChI is InChI=1S/C19H20FNO3S/c1-25-16-9-5-14(6-10-16)17(12-19(23)24)21-18(22)11-4-13-2-7-15(20)8-3-13/h2-3,5-10,17H,4,11-12H2,1H3,(H,21,22)(H,23,24). The molecule has 0 spiro atoms. The van der Waals surface area contributed by atoms with E-state index < -0.39 is 12.0 Å². The van der Waals surface area contributed by atoms with Crippen LogP contribution in [0.1, 0.15) is 30.0 Å². The van der Waals surface area contributed by atoms with Gasteiger partial charge in [-0.2, -0.15) is 0 Å². The van der Waals surface area contributed by atoms with Gasteiger partial charge in [-0.05, 0) is 48.1 Å². The third-order valence-corrected chi connectivity index (χ3v) is 4.53. The molecule has 4 nitrogen and oxygen atoms in total. The monoisotopic (exact) mass is 361 g/mol. The van der Waals surface area contributed by atoms with Crippen molar-refractivity contribution in [3.8, 4) is 0 Å². The predicted molar refractivity (Wildman–Crippen MR) is 96.1 cm³/mol. The van der Waals surface area contributed by atoms with Gasteiger partial charge in [-0.1, -0.05) is 24.3 Å². The van der Waals surface area contributed by atoms with Gasteiger partial charge in [0, 0.05) is 11.3 Å². The van der Waals surface area contributed by atoms with Gasteiger partial charge in [-0.15, -0.1) is 11.8 Å². The first kappa shape index (κ1) is 19.0. The van der Waals surface area contributed by atoms with E-state index in [9.17, 15) is 14.0 Å². The Morgan fingerprint density at radius 1 is 1.12 bits per heavy atom. The van der Waals surface area contributed by atoms with Gasteiger partial charge >= 0.3 is 5.97 Å². The van der Waals surface area contributed by atoms with Crippen molar-refractivity contribution >= 4 is 23.6 Å². The molecule has 2 rings (SSSR count). The molecule has 1 unspecified atom stereocenters. The molecule has 25 heavy (non-hydrogen) atoms. The molecule has 0 radical (unpaired) electrons. The Bertz CT molecular complexity index is 716. The van der Waals surface area contributed by atoms with Crippen LogP contribution in [0.2, 0.25) is 0 Å². The zero-order valence-corrected chi connectivity index (χ0v) is 14.7. The number of hydrogen-bond donors (Lipinski definition) is 2. The summed E-state index contributed by atoms with van der Waals surface area (Å²) in [7, 11) is 0. The average Bonchev–Trinajstić information content (AvgIpc) is 2.60. The molecule has 0 bridgehead atoms. The van der Waals surface area contributed by atoms with Crippen LogP contribution in [0.3, 0.4) is 0 Å². The summed E-state index contributed by atoms with van der Waals surface area (Å²) < 4.78 is 12.9. The highest BCUT2D eigenvalue weighted by molar-refractivity contribution is 7.98. The lowest BCUT2D eigenvalue weighted by Crippen LogP contribution is -2.30. The quantitative estimate of drug-likeness (QED) is 0.702. The van der Waals surface area contributed by atoms with Gasteiger partial charge in [0.25, 0.3) is 0 Å². The molecule has 0 saturated heterocycles. The minimum atomic E-state index is -0.974. The number of benzene rings is 2. The van der Waals surface area contributed by atoms with Gasteiger partial charge in [-0.3, -0.25) is 9.59 Å². The van der Waals surface area contributed by atoms with Crippen LogP contribution in [0.25, 0.3) is 0 Å². The molecule has 0 fully saturated rings. The topological polar surface area (TPSA) is 66.4 Å². The summed E-state index contributed by atoms with van der Waals surface area (Å²) in [6.07, 6.45) is 2.46. The van der Waals surface area contributed by atoms with Gasteiger partial charge in [0.2, 0.25) is 5.91 Å². The van der Waals surface area contributed by atoms with Crippen molar-refractivity contribution in [2.45, 2.75) is 30.2 Å². The summed E-state index contributed by atoms with van der Waals surface area (Å²) in [6.45, 7) is 0. The number of carbonyl (C=O) groups excluding carboxylic acids is 1. The number of aliphatic carboxylic acids is 1. The van der Waals surface area contributed by atoms with Crippen molar-refractivity contribution in [1.82, 2.24) is 5.32 Å². The van der Waals surface area contributed by atoms with Crippen LogP contribution in [-0.4, -0.2) is 23.2 Å². The van der Waals surface area contributed by atoms with E-state index in [1.807, 2.05) is 30.5 Å². The number of nitrogens with one attached hydrogen (secondary N) is 1. The minimum Gasteiger partial charge on any atom is -0.481 e. The lowest BCUT2D eigenvalue weighted by molar-refractivity contribution is -0.137. The first-order valence-electron chi connectivity index (χ1n) is 7.87. The van der Waals surface area contributed by atoms with Crippen molar-refractivity contribution in [3.05, 3.63) is 65.5 Å². The number of carbonyl (C=O) groups is 2. The van der Waals surface area contributed by atoms with Crippen molar-refractivity contribution in [2.24, 2.45) is 0 Å². The van der Waals surface area contributed by atoms with E-state index in [-0.39, 0.29) is 24.6 Å². The smallest absolute Gasteiger partial charge is 0.305 e. The van der Waals surface area contributed by atoms with Crippen LogP contribution < -0.4 is 5.32 Å². The van der Waals surface area contributed by atoms with E-state index in [1.165, 1.54) is 12.1 Å². The fraction of sp³-hybridized carbons (Fsp3) is 0.263. The lowest BCUT2D eigenvalue weighted by Gasteiger charge is -2.18. The number of carboxylic acid groups (broad SMARTS) is 1. The normalized spacial score (nSPS) is 11.8. The predicted octanol–water partition coefficient (Wildman–Crippen LogP) is 3.81. The highest BCUT2D eigenvalue weighted by Crippen LogP contribution is 2.21. The van der Waals surface area contributed by atoms with Gasteiger partial charge in [0.05, 0.1) is 12.5 Å². The molecule has 6 heteroatoms. The molecule has 1 amide bonds. The highest BCUT2D eigenvalue weighted by atomic mass is 32.2. The molecule has 0 heterocycles. The summed E-state index contributed by atoms with van der Waals surface area (Å²) in [5.74, 6) is -1.52. The van der Waals surface area contributed by atoms with Gasteiger partial charge in [-0.25, -0.2) is 4.39 Å². The maximum absolute atomic E-state index is 12.9. The number of aryl methyl sites for hydroxylation is 1. The molecule has 1 atom stereocenters. The summed E-state index contributed by atoms with van der Waals surface area (Å²) in [4.78, 5) is 24.4. The van der Waals surface area contributed by atoms with Crippen molar-refractivity contribution in [1.29, 1.82) is 0 Å².